The van der Waals surface area contributed by atoms with Gasteiger partial charge in [-0.05, 0) is 42.7 Å². The van der Waals surface area contributed by atoms with Crippen molar-refractivity contribution >= 4 is 23.5 Å². The molecule has 0 saturated heterocycles. The molecule has 2 aromatic rings. The topological polar surface area (TPSA) is 103 Å². The van der Waals surface area contributed by atoms with Gasteiger partial charge in [0.15, 0.2) is 18.1 Å². The first-order valence-electron chi connectivity index (χ1n) is 10.9. The Bertz CT molecular complexity index is 991. The second-order valence-electron chi connectivity index (χ2n) is 8.00. The summed E-state index contributed by atoms with van der Waals surface area (Å²) in [6.45, 7) is 4.03. The number of nitrogens with one attached hydrogen (secondary N) is 1. The summed E-state index contributed by atoms with van der Waals surface area (Å²) in [5, 5.41) is 2.69. The number of nitrogens with zero attached hydrogens (tertiary/aromatic N) is 1. The van der Waals surface area contributed by atoms with E-state index in [2.05, 4.69) is 19.2 Å². The zero-order chi connectivity index (χ0) is 25.1. The van der Waals surface area contributed by atoms with Crippen LogP contribution < -0.4 is 19.5 Å². The van der Waals surface area contributed by atoms with Crippen LogP contribution in [0.3, 0.4) is 0 Å². The number of anilines is 1. The number of ether oxygens (including phenoxy) is 4. The zero-order valence-electron chi connectivity index (χ0n) is 20.3. The summed E-state index contributed by atoms with van der Waals surface area (Å²) in [4.78, 5) is 38.1. The first kappa shape index (κ1) is 26.5. The van der Waals surface area contributed by atoms with Crippen LogP contribution in [0.2, 0.25) is 0 Å². The summed E-state index contributed by atoms with van der Waals surface area (Å²) < 4.78 is 21.2. The van der Waals surface area contributed by atoms with Crippen LogP contribution in [-0.4, -0.2) is 63.7 Å². The first-order chi connectivity index (χ1) is 16.2. The molecule has 0 atom stereocenters. The molecule has 0 bridgehead atoms. The van der Waals surface area contributed by atoms with Gasteiger partial charge in [-0.25, -0.2) is 4.79 Å². The maximum absolute atomic E-state index is 12.4. The molecule has 0 aliphatic heterocycles. The van der Waals surface area contributed by atoms with Gasteiger partial charge in [0.05, 0.1) is 32.9 Å². The molecule has 9 nitrogen and oxygen atoms in total. The van der Waals surface area contributed by atoms with Crippen LogP contribution in [0.15, 0.2) is 42.5 Å². The smallest absolute Gasteiger partial charge is 0.338 e. The molecule has 0 aliphatic rings. The molecule has 0 saturated carbocycles. The summed E-state index contributed by atoms with van der Waals surface area (Å²) in [5.74, 6) is 0.427. The maximum atomic E-state index is 12.4. The van der Waals surface area contributed by atoms with Crippen LogP contribution in [0.4, 0.5) is 5.69 Å². The molecular formula is C25H32N2O7. The number of hydrogen-bond acceptors (Lipinski definition) is 7. The predicted molar refractivity (Wildman–Crippen MR) is 127 cm³/mol. The molecule has 0 heterocycles. The molecular weight excluding hydrogens is 440 g/mol. The highest BCUT2D eigenvalue weighted by atomic mass is 16.5. The van der Waals surface area contributed by atoms with Gasteiger partial charge in [0.1, 0.15) is 5.75 Å². The molecule has 0 aromatic heterocycles. The lowest BCUT2D eigenvalue weighted by Gasteiger charge is -2.17. The number of methoxy groups -OCH3 is 2. The monoisotopic (exact) mass is 472 g/mol. The number of likely N-dealkylation sites (N-methyl/N-ethyl adjacent to an activating group) is 1. The Labute approximate surface area is 199 Å². The van der Waals surface area contributed by atoms with Gasteiger partial charge in [-0.3, -0.25) is 9.59 Å². The fourth-order valence-electron chi connectivity index (χ4n) is 2.84. The summed E-state index contributed by atoms with van der Waals surface area (Å²) in [5.41, 5.74) is 0.765. The second kappa shape index (κ2) is 13.1. The van der Waals surface area contributed by atoms with Crippen LogP contribution in [0.1, 0.15) is 30.6 Å². The number of esters is 1. The van der Waals surface area contributed by atoms with E-state index in [1.165, 1.54) is 32.2 Å². The number of benzene rings is 2. The lowest BCUT2D eigenvalue weighted by molar-refractivity contribution is -0.136. The molecule has 184 valence electrons. The Morgan fingerprint density at radius 3 is 2.44 bits per heavy atom. The van der Waals surface area contributed by atoms with Gasteiger partial charge in [-0.2, -0.15) is 0 Å². The third-order valence-corrected chi connectivity index (χ3v) is 4.84. The van der Waals surface area contributed by atoms with Crippen molar-refractivity contribution in [2.75, 3.05) is 46.3 Å². The molecule has 0 radical (unpaired) electrons. The van der Waals surface area contributed by atoms with Crippen molar-refractivity contribution in [1.29, 1.82) is 0 Å². The number of rotatable bonds is 12. The summed E-state index contributed by atoms with van der Waals surface area (Å²) in [6, 6.07) is 11.5. The molecule has 0 spiro atoms. The molecule has 9 heteroatoms. The Morgan fingerprint density at radius 1 is 1.00 bits per heavy atom. The van der Waals surface area contributed by atoms with Gasteiger partial charge in [0.2, 0.25) is 5.91 Å². The third kappa shape index (κ3) is 8.31. The minimum absolute atomic E-state index is 0.205. The van der Waals surface area contributed by atoms with Gasteiger partial charge in [0.25, 0.3) is 5.91 Å². The maximum Gasteiger partial charge on any atom is 0.338 e. The lowest BCUT2D eigenvalue weighted by Crippen LogP contribution is -2.37. The highest BCUT2D eigenvalue weighted by Crippen LogP contribution is 2.28. The van der Waals surface area contributed by atoms with Crippen molar-refractivity contribution in [2.45, 2.75) is 20.3 Å². The minimum Gasteiger partial charge on any atom is -0.497 e. The average Bonchev–Trinajstić information content (AvgIpc) is 2.82. The fourth-order valence-corrected chi connectivity index (χ4v) is 2.84. The Hall–Kier alpha value is -3.75. The van der Waals surface area contributed by atoms with Crippen LogP contribution in [-0.2, 0) is 14.3 Å². The third-order valence-electron chi connectivity index (χ3n) is 4.84. The van der Waals surface area contributed by atoms with E-state index in [0.29, 0.717) is 35.5 Å². The fraction of sp³-hybridized carbons (Fsp3) is 0.400. The van der Waals surface area contributed by atoms with Crippen molar-refractivity contribution in [3.8, 4) is 17.2 Å². The van der Waals surface area contributed by atoms with Crippen LogP contribution in [0.25, 0.3) is 0 Å². The molecule has 34 heavy (non-hydrogen) atoms. The summed E-state index contributed by atoms with van der Waals surface area (Å²) >= 11 is 0. The zero-order valence-corrected chi connectivity index (χ0v) is 20.3. The molecule has 0 aliphatic carbocycles. The van der Waals surface area contributed by atoms with E-state index < -0.39 is 24.4 Å². The number of carbonyl (C=O) groups is 3. The van der Waals surface area contributed by atoms with Crippen molar-refractivity contribution in [1.82, 2.24) is 4.90 Å². The first-order valence-corrected chi connectivity index (χ1v) is 10.9. The summed E-state index contributed by atoms with van der Waals surface area (Å²) in [7, 11) is 4.46. The highest BCUT2D eigenvalue weighted by molar-refractivity contribution is 5.95. The number of hydrogen-bond donors (Lipinski definition) is 1. The Balaban J connectivity index is 1.85. The van der Waals surface area contributed by atoms with Crippen LogP contribution >= 0.6 is 0 Å². The largest absolute Gasteiger partial charge is 0.497 e. The Morgan fingerprint density at radius 2 is 1.76 bits per heavy atom. The SMILES string of the molecule is COc1cccc(NC(=O)CN(C)C(=O)COC(=O)c2ccc(OCCC(C)C)c(OC)c2)c1. The van der Waals surface area contributed by atoms with E-state index in [9.17, 15) is 14.4 Å². The van der Waals surface area contributed by atoms with Gasteiger partial charge < -0.3 is 29.2 Å². The normalized spacial score (nSPS) is 10.4. The standard InChI is InChI=1S/C25H32N2O7/c1-17(2)11-12-33-21-10-9-18(13-22(21)32-5)25(30)34-16-24(29)27(3)15-23(28)26-19-7-6-8-20(14-19)31-4/h6-10,13-14,17H,11-12,15-16H2,1-5H3,(H,26,28). The number of amides is 2. The number of carbonyl (C=O) groups excluding carboxylic acids is 3. The van der Waals surface area contributed by atoms with Crippen LogP contribution in [0, 0.1) is 5.92 Å². The minimum atomic E-state index is -0.686. The average molecular weight is 473 g/mol. The molecule has 0 fully saturated rings. The van der Waals surface area contributed by atoms with E-state index in [1.54, 1.807) is 36.4 Å². The van der Waals surface area contributed by atoms with Gasteiger partial charge in [-0.1, -0.05) is 19.9 Å². The van der Waals surface area contributed by atoms with Gasteiger partial charge in [0, 0.05) is 18.8 Å². The molecule has 1 N–H and O–H groups in total. The molecule has 2 rings (SSSR count). The summed E-state index contributed by atoms with van der Waals surface area (Å²) in [6.07, 6.45) is 0.889. The van der Waals surface area contributed by atoms with Crippen molar-refractivity contribution in [3.05, 3.63) is 48.0 Å². The van der Waals surface area contributed by atoms with Crippen LogP contribution in [0.5, 0.6) is 17.2 Å². The second-order valence-corrected chi connectivity index (χ2v) is 8.00. The van der Waals surface area contributed by atoms with E-state index in [4.69, 9.17) is 18.9 Å². The Kier molecular flexibility index (Phi) is 10.2. The van der Waals surface area contributed by atoms with Gasteiger partial charge >= 0.3 is 5.97 Å². The quantitative estimate of drug-likeness (QED) is 0.472. The van der Waals surface area contributed by atoms with Crippen molar-refractivity contribution < 1.29 is 33.3 Å². The lowest BCUT2D eigenvalue weighted by atomic mass is 10.1. The van der Waals surface area contributed by atoms with E-state index in [-0.39, 0.29) is 12.1 Å². The van der Waals surface area contributed by atoms with E-state index in [0.717, 1.165) is 6.42 Å². The van der Waals surface area contributed by atoms with Gasteiger partial charge in [-0.15, -0.1) is 0 Å². The predicted octanol–water partition coefficient (Wildman–Crippen LogP) is 3.38. The molecule has 0 unspecified atom stereocenters. The van der Waals surface area contributed by atoms with E-state index in [1.807, 2.05) is 0 Å². The molecule has 2 amide bonds. The van der Waals surface area contributed by atoms with Crippen molar-refractivity contribution in [2.24, 2.45) is 5.92 Å². The molecule has 2 aromatic carbocycles. The highest BCUT2D eigenvalue weighted by Gasteiger charge is 2.18. The van der Waals surface area contributed by atoms with Crippen molar-refractivity contribution in [3.63, 3.8) is 0 Å². The van der Waals surface area contributed by atoms with E-state index >= 15 is 0 Å².